The molecule has 30 heavy (non-hydrogen) atoms. The fourth-order valence-corrected chi connectivity index (χ4v) is 4.15. The highest BCUT2D eigenvalue weighted by molar-refractivity contribution is 6.22. The Morgan fingerprint density at radius 3 is 2.33 bits per heavy atom. The van der Waals surface area contributed by atoms with Crippen LogP contribution in [0.3, 0.4) is 0 Å². The summed E-state index contributed by atoms with van der Waals surface area (Å²) in [6, 6.07) is 14.7. The second kappa shape index (κ2) is 8.61. The molecule has 0 aromatic heterocycles. The van der Waals surface area contributed by atoms with E-state index in [1.165, 1.54) is 14.2 Å². The standard InChI is InChI=1S/C24H24O6/c1-27-19-9-6-10-20(28-2)22(19)24(26)30-16-11-12-17-21(13-16)29-14-18(23(17)25)15-7-4-3-5-8-15/h3-10,14,16-17,21H,11-13H2,1-2H3. The molecule has 156 valence electrons. The number of carbonyl (C=O) groups excluding carboxylic acids is 2. The summed E-state index contributed by atoms with van der Waals surface area (Å²) < 4.78 is 22.2. The smallest absolute Gasteiger partial charge is 0.346 e. The predicted molar refractivity (Wildman–Crippen MR) is 110 cm³/mol. The lowest BCUT2D eigenvalue weighted by Crippen LogP contribution is -2.42. The van der Waals surface area contributed by atoms with Gasteiger partial charge in [-0.1, -0.05) is 36.4 Å². The third kappa shape index (κ3) is 3.77. The summed E-state index contributed by atoms with van der Waals surface area (Å²) in [6.07, 6.45) is 2.59. The molecule has 1 saturated carbocycles. The Morgan fingerprint density at radius 1 is 0.967 bits per heavy atom. The highest BCUT2D eigenvalue weighted by Crippen LogP contribution is 2.38. The lowest BCUT2D eigenvalue weighted by molar-refractivity contribution is -0.126. The van der Waals surface area contributed by atoms with E-state index in [-0.39, 0.29) is 29.5 Å². The molecule has 1 heterocycles. The van der Waals surface area contributed by atoms with E-state index in [9.17, 15) is 9.59 Å². The summed E-state index contributed by atoms with van der Waals surface area (Å²) in [7, 11) is 2.99. The molecule has 0 N–H and O–H groups in total. The number of hydrogen-bond acceptors (Lipinski definition) is 6. The molecule has 6 nitrogen and oxygen atoms in total. The molecule has 2 aromatic carbocycles. The van der Waals surface area contributed by atoms with Crippen molar-refractivity contribution in [2.75, 3.05) is 14.2 Å². The van der Waals surface area contributed by atoms with Gasteiger partial charge in [0.2, 0.25) is 0 Å². The van der Waals surface area contributed by atoms with E-state index in [0.29, 0.717) is 36.3 Å². The van der Waals surface area contributed by atoms with Crippen molar-refractivity contribution < 1.29 is 28.5 Å². The van der Waals surface area contributed by atoms with Gasteiger partial charge in [-0.05, 0) is 30.5 Å². The summed E-state index contributed by atoms with van der Waals surface area (Å²) >= 11 is 0. The van der Waals surface area contributed by atoms with Crippen LogP contribution in [-0.2, 0) is 14.3 Å². The molecule has 3 unspecified atom stereocenters. The fraction of sp³-hybridized carbons (Fsp3) is 0.333. The van der Waals surface area contributed by atoms with Crippen LogP contribution in [-0.4, -0.2) is 38.2 Å². The summed E-state index contributed by atoms with van der Waals surface area (Å²) in [5.41, 5.74) is 1.72. The van der Waals surface area contributed by atoms with Gasteiger partial charge in [-0.3, -0.25) is 4.79 Å². The summed E-state index contributed by atoms with van der Waals surface area (Å²) in [5, 5.41) is 0. The van der Waals surface area contributed by atoms with E-state index in [2.05, 4.69) is 0 Å². The minimum Gasteiger partial charge on any atom is -0.496 e. The average Bonchev–Trinajstić information content (AvgIpc) is 2.79. The minimum absolute atomic E-state index is 0.0913. The van der Waals surface area contributed by atoms with Gasteiger partial charge in [0.25, 0.3) is 0 Å². The van der Waals surface area contributed by atoms with E-state index >= 15 is 0 Å². The number of ether oxygens (including phenoxy) is 4. The SMILES string of the molecule is COc1cccc(OC)c1C(=O)OC1CCC2C(=O)C(c3ccccc3)=COC2C1. The molecule has 0 spiro atoms. The quantitative estimate of drug-likeness (QED) is 0.696. The number of Topliss-reactive ketones (excluding diaryl/α,β-unsaturated/α-hetero) is 1. The zero-order chi connectivity index (χ0) is 21.1. The number of allylic oxidation sites excluding steroid dienone is 1. The number of fused-ring (bicyclic) bond motifs is 1. The lowest BCUT2D eigenvalue weighted by atomic mass is 9.78. The molecule has 2 aliphatic rings. The molecule has 0 bridgehead atoms. The fourth-order valence-electron chi connectivity index (χ4n) is 4.15. The van der Waals surface area contributed by atoms with Gasteiger partial charge in [0.05, 0.1) is 32.0 Å². The number of esters is 1. The van der Waals surface area contributed by atoms with Crippen molar-refractivity contribution in [3.63, 3.8) is 0 Å². The lowest BCUT2D eigenvalue weighted by Gasteiger charge is -2.37. The van der Waals surface area contributed by atoms with Gasteiger partial charge in [0.15, 0.2) is 5.78 Å². The first kappa shape index (κ1) is 20.0. The van der Waals surface area contributed by atoms with Gasteiger partial charge >= 0.3 is 5.97 Å². The molecule has 1 fully saturated rings. The van der Waals surface area contributed by atoms with Crippen molar-refractivity contribution in [2.45, 2.75) is 31.5 Å². The Morgan fingerprint density at radius 2 is 1.67 bits per heavy atom. The maximum absolute atomic E-state index is 13.0. The van der Waals surface area contributed by atoms with E-state index in [1.807, 2.05) is 30.3 Å². The van der Waals surface area contributed by atoms with Crippen molar-refractivity contribution in [2.24, 2.45) is 5.92 Å². The van der Waals surface area contributed by atoms with Crippen LogP contribution in [0.1, 0.15) is 35.2 Å². The summed E-state index contributed by atoms with van der Waals surface area (Å²) in [6.45, 7) is 0. The van der Waals surface area contributed by atoms with E-state index in [0.717, 1.165) is 5.56 Å². The topological polar surface area (TPSA) is 71.1 Å². The van der Waals surface area contributed by atoms with Crippen LogP contribution in [0.4, 0.5) is 0 Å². The van der Waals surface area contributed by atoms with Crippen molar-refractivity contribution in [1.82, 2.24) is 0 Å². The normalized spacial score (nSPS) is 22.9. The molecule has 1 aliphatic carbocycles. The maximum atomic E-state index is 13.0. The van der Waals surface area contributed by atoms with Crippen LogP contribution in [0.2, 0.25) is 0 Å². The molecule has 4 rings (SSSR count). The first-order chi connectivity index (χ1) is 14.6. The first-order valence-electron chi connectivity index (χ1n) is 9.99. The Kier molecular flexibility index (Phi) is 5.74. The van der Waals surface area contributed by atoms with Crippen molar-refractivity contribution >= 4 is 17.3 Å². The van der Waals surface area contributed by atoms with Crippen LogP contribution in [0, 0.1) is 5.92 Å². The monoisotopic (exact) mass is 408 g/mol. The molecule has 3 atom stereocenters. The van der Waals surface area contributed by atoms with Gasteiger partial charge in [-0.25, -0.2) is 4.79 Å². The first-order valence-corrected chi connectivity index (χ1v) is 9.99. The maximum Gasteiger partial charge on any atom is 0.346 e. The molecule has 0 radical (unpaired) electrons. The highest BCUT2D eigenvalue weighted by Gasteiger charge is 2.41. The third-order valence-corrected chi connectivity index (χ3v) is 5.70. The molecule has 2 aromatic rings. The minimum atomic E-state index is -0.504. The van der Waals surface area contributed by atoms with Crippen LogP contribution in [0.25, 0.3) is 5.57 Å². The molecular formula is C24H24O6. The van der Waals surface area contributed by atoms with Crippen LogP contribution >= 0.6 is 0 Å². The molecular weight excluding hydrogens is 384 g/mol. The Balaban J connectivity index is 1.47. The van der Waals surface area contributed by atoms with Gasteiger partial charge in [0.1, 0.15) is 29.3 Å². The molecule has 1 aliphatic heterocycles. The average molecular weight is 408 g/mol. The molecule has 6 heteroatoms. The van der Waals surface area contributed by atoms with Crippen molar-refractivity contribution in [3.05, 3.63) is 65.9 Å². The van der Waals surface area contributed by atoms with Crippen LogP contribution in [0.15, 0.2) is 54.8 Å². The predicted octanol–water partition coefficient (Wildman–Crippen LogP) is 4.04. The Bertz CT molecular complexity index is 943. The number of carbonyl (C=O) groups is 2. The number of hydrogen-bond donors (Lipinski definition) is 0. The van der Waals surface area contributed by atoms with Crippen molar-refractivity contribution in [3.8, 4) is 11.5 Å². The van der Waals surface area contributed by atoms with Crippen LogP contribution < -0.4 is 9.47 Å². The van der Waals surface area contributed by atoms with Crippen molar-refractivity contribution in [1.29, 1.82) is 0 Å². The van der Waals surface area contributed by atoms with E-state index in [1.54, 1.807) is 24.5 Å². The van der Waals surface area contributed by atoms with Gasteiger partial charge in [-0.2, -0.15) is 0 Å². The second-order valence-corrected chi connectivity index (χ2v) is 7.42. The largest absolute Gasteiger partial charge is 0.496 e. The van der Waals surface area contributed by atoms with E-state index in [4.69, 9.17) is 18.9 Å². The van der Waals surface area contributed by atoms with Gasteiger partial charge < -0.3 is 18.9 Å². The molecule has 0 saturated heterocycles. The zero-order valence-corrected chi connectivity index (χ0v) is 17.0. The Hall–Kier alpha value is -3.28. The summed E-state index contributed by atoms with van der Waals surface area (Å²) in [5.74, 6) is 0.158. The van der Waals surface area contributed by atoms with Crippen LogP contribution in [0.5, 0.6) is 11.5 Å². The summed E-state index contributed by atoms with van der Waals surface area (Å²) in [4.78, 5) is 25.8. The highest BCUT2D eigenvalue weighted by atomic mass is 16.6. The number of rotatable bonds is 5. The third-order valence-electron chi connectivity index (χ3n) is 5.70. The number of methoxy groups -OCH3 is 2. The van der Waals surface area contributed by atoms with Gasteiger partial charge in [-0.15, -0.1) is 0 Å². The Labute approximate surface area is 175 Å². The van der Waals surface area contributed by atoms with E-state index < -0.39 is 5.97 Å². The zero-order valence-electron chi connectivity index (χ0n) is 17.0. The van der Waals surface area contributed by atoms with Gasteiger partial charge in [0, 0.05) is 6.42 Å². The number of ketones is 1. The molecule has 0 amide bonds. The second-order valence-electron chi connectivity index (χ2n) is 7.42. The number of benzene rings is 2.